The number of hydrogen-bond donors (Lipinski definition) is 3. The van der Waals surface area contributed by atoms with Gasteiger partial charge in [0, 0.05) is 17.9 Å². The molecule has 4 rings (SSSR count). The van der Waals surface area contributed by atoms with Crippen LogP contribution in [-0.2, 0) is 0 Å². The average Bonchev–Trinajstić information content (AvgIpc) is 3.10. The number of nitrogens with one attached hydrogen (secondary N) is 1. The van der Waals surface area contributed by atoms with Gasteiger partial charge >= 0.3 is 0 Å². The summed E-state index contributed by atoms with van der Waals surface area (Å²) in [6.07, 6.45) is 13.9. The van der Waals surface area contributed by atoms with E-state index in [4.69, 9.17) is 0 Å². The van der Waals surface area contributed by atoms with Gasteiger partial charge in [0.25, 0.3) is 0 Å². The Hall–Kier alpha value is -0.120. The molecule has 0 aromatic rings. The lowest BCUT2D eigenvalue weighted by atomic mass is 9.42. The fraction of sp³-hybridized carbons (Fsp3) is 1.00. The van der Waals surface area contributed by atoms with E-state index in [9.17, 15) is 10.2 Å². The molecule has 33 heavy (non-hydrogen) atoms. The summed E-state index contributed by atoms with van der Waals surface area (Å²) >= 11 is 0. The Morgan fingerprint density at radius 3 is 2.42 bits per heavy atom. The molecule has 192 valence electrons. The molecule has 4 aliphatic carbocycles. The second kappa shape index (κ2) is 9.74. The van der Waals surface area contributed by atoms with Crippen molar-refractivity contribution in [3.05, 3.63) is 0 Å². The molecule has 3 N–H and O–H groups in total. The number of aliphatic hydroxyl groups is 2. The van der Waals surface area contributed by atoms with Gasteiger partial charge in [-0.2, -0.15) is 0 Å². The molecule has 3 nitrogen and oxygen atoms in total. The fourth-order valence-corrected chi connectivity index (χ4v) is 9.89. The molecule has 0 amide bonds. The van der Waals surface area contributed by atoms with Gasteiger partial charge in [-0.1, -0.05) is 60.8 Å². The third kappa shape index (κ3) is 4.35. The third-order valence-electron chi connectivity index (χ3n) is 11.7. The second-order valence-electron chi connectivity index (χ2n) is 13.9. The van der Waals surface area contributed by atoms with E-state index in [1.54, 1.807) is 0 Å². The molecule has 0 spiro atoms. The van der Waals surface area contributed by atoms with Crippen LogP contribution >= 0.6 is 0 Å². The average molecular weight is 462 g/mol. The minimum atomic E-state index is -0.767. The smallest absolute Gasteiger partial charge is 0.0880 e. The molecule has 0 aromatic carbocycles. The summed E-state index contributed by atoms with van der Waals surface area (Å²) in [6, 6.07) is 0.128. The Balaban J connectivity index is 1.56. The molecule has 4 fully saturated rings. The predicted molar refractivity (Wildman–Crippen MR) is 138 cm³/mol. The summed E-state index contributed by atoms with van der Waals surface area (Å²) < 4.78 is 0. The van der Waals surface area contributed by atoms with Gasteiger partial charge in [-0.3, -0.25) is 0 Å². The standard InChI is InChI=1S/C30H55NO2/c1-7-17-31-27-18-23-25-12-11-24(21(4)10-8-9-20(2)3)28(25,5)15-14-26(23)29(6)16-13-22(32)19-30(27,29)33/h20-27,31-33H,7-19H2,1-6H3/t21?,22-,23?,24?,25?,26?,27+,28?,29?,30-/m0/s1. The van der Waals surface area contributed by atoms with Crippen LogP contribution in [-0.4, -0.2) is 34.5 Å². The van der Waals surface area contributed by atoms with Crippen LogP contribution in [0.15, 0.2) is 0 Å². The van der Waals surface area contributed by atoms with Gasteiger partial charge in [0.1, 0.15) is 0 Å². The van der Waals surface area contributed by atoms with Crippen LogP contribution in [0, 0.1) is 46.3 Å². The highest BCUT2D eigenvalue weighted by atomic mass is 16.3. The van der Waals surface area contributed by atoms with Crippen molar-refractivity contribution in [3.8, 4) is 0 Å². The maximum atomic E-state index is 12.2. The lowest BCUT2D eigenvalue weighted by Crippen LogP contribution is -2.71. The lowest BCUT2D eigenvalue weighted by Gasteiger charge is -2.66. The molecule has 7 unspecified atom stereocenters. The summed E-state index contributed by atoms with van der Waals surface area (Å²) in [7, 11) is 0. The monoisotopic (exact) mass is 461 g/mol. The van der Waals surface area contributed by atoms with Gasteiger partial charge in [-0.15, -0.1) is 0 Å². The maximum absolute atomic E-state index is 12.2. The minimum absolute atomic E-state index is 0.0666. The molecule has 0 aliphatic heterocycles. The second-order valence-corrected chi connectivity index (χ2v) is 13.9. The van der Waals surface area contributed by atoms with E-state index < -0.39 is 5.60 Å². The van der Waals surface area contributed by atoms with Crippen molar-refractivity contribution in [1.29, 1.82) is 0 Å². The summed E-state index contributed by atoms with van der Waals surface area (Å²) in [5.41, 5.74) is -0.354. The Bertz CT molecular complexity index is 666. The van der Waals surface area contributed by atoms with Crippen LogP contribution in [0.3, 0.4) is 0 Å². The zero-order valence-electron chi connectivity index (χ0n) is 22.7. The van der Waals surface area contributed by atoms with Crippen LogP contribution in [0.2, 0.25) is 0 Å². The molecule has 0 aromatic heterocycles. The van der Waals surface area contributed by atoms with Gasteiger partial charge < -0.3 is 15.5 Å². The molecule has 0 saturated heterocycles. The number of aliphatic hydroxyl groups excluding tert-OH is 1. The topological polar surface area (TPSA) is 52.5 Å². The van der Waals surface area contributed by atoms with Crippen molar-refractivity contribution in [2.24, 2.45) is 46.3 Å². The highest BCUT2D eigenvalue weighted by Crippen LogP contribution is 2.69. The first kappa shape index (κ1) is 26.0. The van der Waals surface area contributed by atoms with Crippen molar-refractivity contribution >= 4 is 0 Å². The first-order chi connectivity index (χ1) is 15.6. The summed E-state index contributed by atoms with van der Waals surface area (Å²) in [6.45, 7) is 15.5. The largest absolute Gasteiger partial charge is 0.393 e. The fourth-order valence-electron chi connectivity index (χ4n) is 9.89. The van der Waals surface area contributed by atoms with Crippen molar-refractivity contribution in [2.75, 3.05) is 6.54 Å². The Labute approximate surface area is 204 Å². The SMILES string of the molecule is CCCN[C@@H]1CC2C3CCC(C(C)CCCC(C)C)C3(C)CCC2C2(C)CC[C@H](O)C[C@]12O. The van der Waals surface area contributed by atoms with Gasteiger partial charge in [-0.05, 0) is 98.8 Å². The highest BCUT2D eigenvalue weighted by Gasteiger charge is 2.67. The molecule has 0 heterocycles. The zero-order valence-corrected chi connectivity index (χ0v) is 22.7. The minimum Gasteiger partial charge on any atom is -0.393 e. The van der Waals surface area contributed by atoms with E-state index in [1.807, 2.05) is 0 Å². The quantitative estimate of drug-likeness (QED) is 0.383. The molecule has 10 atom stereocenters. The number of rotatable bonds is 8. The van der Waals surface area contributed by atoms with Crippen molar-refractivity contribution < 1.29 is 10.2 Å². The van der Waals surface area contributed by atoms with Crippen LogP contribution in [0.1, 0.15) is 119 Å². The van der Waals surface area contributed by atoms with Crippen LogP contribution in [0.4, 0.5) is 0 Å². The van der Waals surface area contributed by atoms with E-state index in [0.717, 1.165) is 61.8 Å². The molecule has 3 heteroatoms. The number of hydrogen-bond acceptors (Lipinski definition) is 3. The van der Waals surface area contributed by atoms with E-state index in [-0.39, 0.29) is 17.6 Å². The Kier molecular flexibility index (Phi) is 7.66. The third-order valence-corrected chi connectivity index (χ3v) is 11.7. The molecule has 0 radical (unpaired) electrons. The van der Waals surface area contributed by atoms with E-state index in [1.165, 1.54) is 44.9 Å². The molecular weight excluding hydrogens is 406 g/mol. The lowest BCUT2D eigenvalue weighted by molar-refractivity contribution is -0.234. The molecule has 4 aliphatic rings. The normalized spacial score (nSPS) is 48.3. The van der Waals surface area contributed by atoms with Crippen molar-refractivity contribution in [3.63, 3.8) is 0 Å². The van der Waals surface area contributed by atoms with E-state index in [0.29, 0.717) is 17.8 Å². The van der Waals surface area contributed by atoms with Gasteiger partial charge in [0.2, 0.25) is 0 Å². The molecule has 4 saturated carbocycles. The zero-order chi connectivity index (χ0) is 24.0. The number of fused-ring (bicyclic) bond motifs is 5. The van der Waals surface area contributed by atoms with Crippen molar-refractivity contribution in [1.82, 2.24) is 5.32 Å². The summed E-state index contributed by atoms with van der Waals surface area (Å²) in [5, 5.41) is 26.6. The first-order valence-electron chi connectivity index (χ1n) is 14.7. The van der Waals surface area contributed by atoms with Crippen LogP contribution < -0.4 is 5.32 Å². The highest BCUT2D eigenvalue weighted by molar-refractivity contribution is 5.18. The van der Waals surface area contributed by atoms with E-state index >= 15 is 0 Å². The molecule has 0 bridgehead atoms. The van der Waals surface area contributed by atoms with Gasteiger partial charge in [0.05, 0.1) is 11.7 Å². The van der Waals surface area contributed by atoms with Crippen LogP contribution in [0.5, 0.6) is 0 Å². The summed E-state index contributed by atoms with van der Waals surface area (Å²) in [5.74, 6) is 4.69. The maximum Gasteiger partial charge on any atom is 0.0880 e. The Morgan fingerprint density at radius 2 is 1.73 bits per heavy atom. The van der Waals surface area contributed by atoms with Crippen molar-refractivity contribution in [2.45, 2.75) is 136 Å². The van der Waals surface area contributed by atoms with E-state index in [2.05, 4.69) is 46.9 Å². The predicted octanol–water partition coefficient (Wildman–Crippen LogP) is 6.56. The molecular formula is C30H55NO2. The van der Waals surface area contributed by atoms with Crippen LogP contribution in [0.25, 0.3) is 0 Å². The first-order valence-corrected chi connectivity index (χ1v) is 14.7. The Morgan fingerprint density at radius 1 is 0.970 bits per heavy atom. The van der Waals surface area contributed by atoms with Gasteiger partial charge in [0.15, 0.2) is 0 Å². The van der Waals surface area contributed by atoms with Gasteiger partial charge in [-0.25, -0.2) is 0 Å². The summed E-state index contributed by atoms with van der Waals surface area (Å²) in [4.78, 5) is 0.